The minimum absolute atomic E-state index is 0.106. The molecule has 0 saturated carbocycles. The Morgan fingerprint density at radius 2 is 1.83 bits per heavy atom. The van der Waals surface area contributed by atoms with Gasteiger partial charge in [-0.15, -0.1) is 0 Å². The largest absolute Gasteiger partial charge is 0.480 e. The lowest BCUT2D eigenvalue weighted by Gasteiger charge is -2.38. The maximum absolute atomic E-state index is 15.1. The minimum atomic E-state index is -4.75. The molecule has 14 heteroatoms. The van der Waals surface area contributed by atoms with Crippen molar-refractivity contribution in [1.29, 1.82) is 0 Å². The molecule has 1 saturated heterocycles. The average molecular weight is 645 g/mol. The fourth-order valence-electron chi connectivity index (χ4n) is 5.69. The predicted molar refractivity (Wildman–Crippen MR) is 159 cm³/mol. The summed E-state index contributed by atoms with van der Waals surface area (Å²) in [5, 5.41) is 12.6. The summed E-state index contributed by atoms with van der Waals surface area (Å²) in [6, 6.07) is 5.77. The molecule has 0 aliphatic carbocycles. The number of rotatable bonds is 7. The van der Waals surface area contributed by atoms with E-state index >= 15 is 8.78 Å². The maximum Gasteiger partial charge on any atom is 0.411 e. The van der Waals surface area contributed by atoms with Crippen LogP contribution in [-0.4, -0.2) is 64.6 Å². The highest BCUT2D eigenvalue weighted by molar-refractivity contribution is 5.99. The van der Waals surface area contributed by atoms with Crippen LogP contribution in [0, 0.1) is 25.5 Å². The molecule has 1 aliphatic heterocycles. The standard InChI is InChI=1S/C32H29F5N4O5/c1-16-11-17(2)40(3)30(43)26(16)21-7-6-18(20-5-4-8-38-28(20)21)12-24(31(44)45)39-29(42)27-22(33)13-19(14-23(27)34)41-9-10-46-15-25(41)32(35,36)37/h4-8,11,13-14,24-25H,9-10,12,15H2,1-3H3,(H,39,42)(H,44,45)/t24?,25-/m1/s1. The summed E-state index contributed by atoms with van der Waals surface area (Å²) in [6.07, 6.45) is -3.55. The Bertz CT molecular complexity index is 1890. The van der Waals surface area contributed by atoms with Crippen LogP contribution in [0.2, 0.25) is 0 Å². The second-order valence-electron chi connectivity index (χ2n) is 11.1. The van der Waals surface area contributed by atoms with Gasteiger partial charge in [0.1, 0.15) is 29.3 Å². The summed E-state index contributed by atoms with van der Waals surface area (Å²) in [6.45, 7) is 2.46. The summed E-state index contributed by atoms with van der Waals surface area (Å²) in [5.41, 5.74) is 1.41. The Balaban J connectivity index is 1.45. The highest BCUT2D eigenvalue weighted by Crippen LogP contribution is 2.33. The Morgan fingerprint density at radius 3 is 2.48 bits per heavy atom. The Hall–Kier alpha value is -4.85. The van der Waals surface area contributed by atoms with E-state index < -0.39 is 59.6 Å². The lowest BCUT2D eigenvalue weighted by molar-refractivity contribution is -0.167. The van der Waals surface area contributed by atoms with E-state index in [4.69, 9.17) is 4.74 Å². The van der Waals surface area contributed by atoms with Crippen molar-refractivity contribution in [3.05, 3.63) is 93.0 Å². The maximum atomic E-state index is 15.1. The molecular formula is C32H29F5N4O5. The molecule has 0 spiro atoms. The van der Waals surface area contributed by atoms with Gasteiger partial charge in [-0.3, -0.25) is 14.6 Å². The highest BCUT2D eigenvalue weighted by atomic mass is 19.4. The molecule has 2 aromatic carbocycles. The van der Waals surface area contributed by atoms with Crippen LogP contribution in [0.3, 0.4) is 0 Å². The van der Waals surface area contributed by atoms with E-state index in [2.05, 4.69) is 10.3 Å². The number of amides is 1. The lowest BCUT2D eigenvalue weighted by Crippen LogP contribution is -2.53. The zero-order chi connectivity index (χ0) is 33.5. The number of hydrogen-bond donors (Lipinski definition) is 2. The van der Waals surface area contributed by atoms with Gasteiger partial charge in [-0.2, -0.15) is 13.2 Å². The third-order valence-electron chi connectivity index (χ3n) is 8.12. The number of benzene rings is 2. The van der Waals surface area contributed by atoms with Crippen molar-refractivity contribution >= 4 is 28.5 Å². The van der Waals surface area contributed by atoms with Crippen LogP contribution in [0.1, 0.15) is 27.2 Å². The first-order chi connectivity index (χ1) is 21.7. The summed E-state index contributed by atoms with van der Waals surface area (Å²) in [4.78, 5) is 43.6. The summed E-state index contributed by atoms with van der Waals surface area (Å²) < 4.78 is 77.2. The van der Waals surface area contributed by atoms with Crippen molar-refractivity contribution in [2.75, 3.05) is 24.7 Å². The normalized spacial score (nSPS) is 16.0. The van der Waals surface area contributed by atoms with Gasteiger partial charge >= 0.3 is 12.1 Å². The van der Waals surface area contributed by atoms with Crippen LogP contribution in [0.4, 0.5) is 27.6 Å². The zero-order valence-electron chi connectivity index (χ0n) is 24.9. The van der Waals surface area contributed by atoms with Crippen LogP contribution in [0.25, 0.3) is 22.0 Å². The molecule has 242 valence electrons. The van der Waals surface area contributed by atoms with E-state index in [9.17, 15) is 32.7 Å². The number of halogens is 5. The first-order valence-electron chi connectivity index (χ1n) is 14.2. The van der Waals surface area contributed by atoms with Gasteiger partial charge in [-0.25, -0.2) is 13.6 Å². The number of anilines is 1. The van der Waals surface area contributed by atoms with Gasteiger partial charge < -0.3 is 24.6 Å². The molecule has 3 heterocycles. The molecule has 1 amide bonds. The zero-order valence-corrected chi connectivity index (χ0v) is 24.9. The molecule has 0 bridgehead atoms. The molecule has 9 nitrogen and oxygen atoms in total. The fraction of sp³-hybridized carbons (Fsp3) is 0.312. The number of hydrogen-bond acceptors (Lipinski definition) is 6. The van der Waals surface area contributed by atoms with E-state index in [1.165, 1.54) is 10.8 Å². The number of aromatic nitrogens is 2. The van der Waals surface area contributed by atoms with Gasteiger partial charge in [0.05, 0.1) is 24.3 Å². The average Bonchev–Trinajstić information content (AvgIpc) is 2.99. The Kier molecular flexibility index (Phi) is 8.85. The molecule has 1 fully saturated rings. The van der Waals surface area contributed by atoms with Crippen LogP contribution >= 0.6 is 0 Å². The van der Waals surface area contributed by atoms with Gasteiger partial charge in [0.15, 0.2) is 0 Å². The van der Waals surface area contributed by atoms with Crippen molar-refractivity contribution in [3.8, 4) is 11.1 Å². The monoisotopic (exact) mass is 644 g/mol. The number of aliphatic carboxylic acids is 1. The second-order valence-corrected chi connectivity index (χ2v) is 11.1. The van der Waals surface area contributed by atoms with E-state index in [0.29, 0.717) is 45.3 Å². The van der Waals surface area contributed by atoms with Gasteiger partial charge in [-0.05, 0) is 49.2 Å². The number of carbonyl (C=O) groups excluding carboxylic acids is 1. The smallest absolute Gasteiger partial charge is 0.411 e. The number of pyridine rings is 2. The number of alkyl halides is 3. The number of fused-ring (bicyclic) bond motifs is 1. The molecule has 4 aromatic rings. The number of carboxylic acids is 1. The number of nitrogens with zero attached hydrogens (tertiary/aromatic N) is 3. The number of morpholine rings is 1. The number of carboxylic acid groups (broad SMARTS) is 1. The van der Waals surface area contributed by atoms with Crippen LogP contribution < -0.4 is 15.8 Å². The number of ether oxygens (including phenoxy) is 1. The van der Waals surface area contributed by atoms with Crippen molar-refractivity contribution in [2.45, 2.75) is 38.5 Å². The minimum Gasteiger partial charge on any atom is -0.480 e. The molecule has 1 unspecified atom stereocenters. The van der Waals surface area contributed by atoms with Gasteiger partial charge in [0.2, 0.25) is 0 Å². The summed E-state index contributed by atoms with van der Waals surface area (Å²) >= 11 is 0. The molecule has 0 radical (unpaired) electrons. The fourth-order valence-corrected chi connectivity index (χ4v) is 5.69. The van der Waals surface area contributed by atoms with Crippen molar-refractivity contribution in [2.24, 2.45) is 7.05 Å². The van der Waals surface area contributed by atoms with E-state index in [1.54, 1.807) is 45.2 Å². The molecule has 46 heavy (non-hydrogen) atoms. The van der Waals surface area contributed by atoms with Crippen LogP contribution in [0.5, 0.6) is 0 Å². The van der Waals surface area contributed by atoms with Crippen molar-refractivity contribution in [3.63, 3.8) is 0 Å². The summed E-state index contributed by atoms with van der Waals surface area (Å²) in [7, 11) is 1.64. The SMILES string of the molecule is Cc1cc(C)n(C)c(=O)c1-c1ccc(CC(NC(=O)c2c(F)cc(N3CCOC[C@@H]3C(F)(F)F)cc2F)C(=O)O)c2cccnc12. The first kappa shape index (κ1) is 32.5. The number of aryl methyl sites for hydroxylation is 2. The predicted octanol–water partition coefficient (Wildman–Crippen LogP) is 4.69. The molecule has 2 aromatic heterocycles. The first-order valence-corrected chi connectivity index (χ1v) is 14.2. The van der Waals surface area contributed by atoms with Gasteiger partial charge in [-0.1, -0.05) is 18.2 Å². The Labute approximate surface area is 259 Å². The summed E-state index contributed by atoms with van der Waals surface area (Å²) in [5.74, 6) is -5.83. The molecule has 5 rings (SSSR count). The Morgan fingerprint density at radius 1 is 1.13 bits per heavy atom. The van der Waals surface area contributed by atoms with Crippen molar-refractivity contribution in [1.82, 2.24) is 14.9 Å². The number of nitrogens with one attached hydrogen (secondary N) is 1. The molecule has 2 atom stereocenters. The topological polar surface area (TPSA) is 114 Å². The van der Waals surface area contributed by atoms with Crippen LogP contribution in [-0.2, 0) is 23.0 Å². The van der Waals surface area contributed by atoms with Crippen molar-refractivity contribution < 1.29 is 41.4 Å². The second kappa shape index (κ2) is 12.5. The van der Waals surface area contributed by atoms with Gasteiger partial charge in [0, 0.05) is 48.5 Å². The highest BCUT2D eigenvalue weighted by Gasteiger charge is 2.46. The third-order valence-corrected chi connectivity index (χ3v) is 8.12. The van der Waals surface area contributed by atoms with E-state index in [-0.39, 0.29) is 25.1 Å². The van der Waals surface area contributed by atoms with E-state index in [0.717, 1.165) is 10.6 Å². The molecule has 1 aliphatic rings. The molecule has 2 N–H and O–H groups in total. The number of carbonyl (C=O) groups is 2. The third kappa shape index (κ3) is 6.16. The van der Waals surface area contributed by atoms with Crippen LogP contribution in [0.15, 0.2) is 53.5 Å². The lowest BCUT2D eigenvalue weighted by atomic mass is 9.93. The van der Waals surface area contributed by atoms with E-state index in [1.807, 2.05) is 6.07 Å². The van der Waals surface area contributed by atoms with Gasteiger partial charge in [0.25, 0.3) is 11.5 Å². The quantitative estimate of drug-likeness (QED) is 0.281. The molecular weight excluding hydrogens is 615 g/mol.